The number of nitrogens with one attached hydrogen (secondary N) is 1. The molecule has 0 aliphatic rings. The Morgan fingerprint density at radius 1 is 0.944 bits per heavy atom. The molecule has 0 saturated heterocycles. The summed E-state index contributed by atoms with van der Waals surface area (Å²) in [6.45, 7) is 7.10. The molecule has 0 aromatic heterocycles. The topological polar surface area (TPSA) is 38.0 Å². The van der Waals surface area contributed by atoms with Crippen LogP contribution in [0.3, 0.4) is 0 Å². The maximum Gasteiger partial charge on any atom is 0.0576 e. The number of hydrogen-bond acceptors (Lipinski definition) is 2. The standard InChI is InChI=1S/C16H20N2/c1-11-4-6-13(3)14(8-11)10-18-16-7-5-12(2)9-15(16)17/h4-9,18H,10,17H2,1-3H3. The van der Waals surface area contributed by atoms with E-state index in [1.165, 1.54) is 22.3 Å². The highest BCUT2D eigenvalue weighted by Crippen LogP contribution is 2.21. The summed E-state index contributed by atoms with van der Waals surface area (Å²) in [6.07, 6.45) is 0. The molecule has 0 bridgehead atoms. The van der Waals surface area contributed by atoms with Crippen molar-refractivity contribution in [3.8, 4) is 0 Å². The maximum atomic E-state index is 5.99. The number of nitrogens with two attached hydrogens (primary N) is 1. The molecule has 2 aromatic rings. The third-order valence-corrected chi connectivity index (χ3v) is 3.18. The van der Waals surface area contributed by atoms with E-state index in [0.717, 1.165) is 17.9 Å². The molecule has 3 N–H and O–H groups in total. The molecule has 2 aromatic carbocycles. The van der Waals surface area contributed by atoms with E-state index >= 15 is 0 Å². The van der Waals surface area contributed by atoms with E-state index < -0.39 is 0 Å². The molecule has 2 heteroatoms. The lowest BCUT2D eigenvalue weighted by Gasteiger charge is -2.12. The van der Waals surface area contributed by atoms with Crippen molar-refractivity contribution in [2.45, 2.75) is 27.3 Å². The van der Waals surface area contributed by atoms with E-state index in [9.17, 15) is 0 Å². The summed E-state index contributed by atoms with van der Waals surface area (Å²) in [5.74, 6) is 0. The zero-order valence-corrected chi connectivity index (χ0v) is 11.2. The first kappa shape index (κ1) is 12.5. The van der Waals surface area contributed by atoms with Crippen molar-refractivity contribution in [2.24, 2.45) is 0 Å². The predicted molar refractivity (Wildman–Crippen MR) is 78.8 cm³/mol. The van der Waals surface area contributed by atoms with E-state index in [0.29, 0.717) is 0 Å². The van der Waals surface area contributed by atoms with Gasteiger partial charge < -0.3 is 11.1 Å². The van der Waals surface area contributed by atoms with Crippen LogP contribution in [0.2, 0.25) is 0 Å². The Labute approximate surface area is 109 Å². The Balaban J connectivity index is 2.13. The molecule has 2 nitrogen and oxygen atoms in total. The van der Waals surface area contributed by atoms with E-state index in [1.54, 1.807) is 0 Å². The second kappa shape index (κ2) is 5.13. The lowest BCUT2D eigenvalue weighted by molar-refractivity contribution is 1.11. The average molecular weight is 240 g/mol. The fourth-order valence-electron chi connectivity index (χ4n) is 2.02. The van der Waals surface area contributed by atoms with Crippen LogP contribution in [-0.2, 0) is 6.54 Å². The van der Waals surface area contributed by atoms with Crippen LogP contribution in [0.1, 0.15) is 22.3 Å². The van der Waals surface area contributed by atoms with Gasteiger partial charge in [0.2, 0.25) is 0 Å². The number of anilines is 2. The molecule has 0 radical (unpaired) electrons. The Hall–Kier alpha value is -1.96. The number of nitrogen functional groups attached to an aromatic ring is 1. The van der Waals surface area contributed by atoms with Gasteiger partial charge in [-0.2, -0.15) is 0 Å². The zero-order valence-electron chi connectivity index (χ0n) is 11.2. The first-order valence-electron chi connectivity index (χ1n) is 6.22. The average Bonchev–Trinajstić information content (AvgIpc) is 2.32. The van der Waals surface area contributed by atoms with Gasteiger partial charge in [0.1, 0.15) is 0 Å². The van der Waals surface area contributed by atoms with Crippen molar-refractivity contribution in [1.82, 2.24) is 0 Å². The smallest absolute Gasteiger partial charge is 0.0576 e. The number of aryl methyl sites for hydroxylation is 3. The lowest BCUT2D eigenvalue weighted by Crippen LogP contribution is -2.04. The Kier molecular flexibility index (Phi) is 3.56. The minimum atomic E-state index is 0.806. The number of rotatable bonds is 3. The Bertz CT molecular complexity index is 559. The summed E-state index contributed by atoms with van der Waals surface area (Å²) in [5, 5.41) is 3.40. The third kappa shape index (κ3) is 2.83. The molecular formula is C16H20N2. The highest BCUT2D eigenvalue weighted by atomic mass is 14.9. The van der Waals surface area contributed by atoms with Crippen LogP contribution in [0.4, 0.5) is 11.4 Å². The Morgan fingerprint density at radius 3 is 2.33 bits per heavy atom. The minimum Gasteiger partial charge on any atom is -0.397 e. The van der Waals surface area contributed by atoms with Crippen LogP contribution in [-0.4, -0.2) is 0 Å². The molecule has 0 fully saturated rings. The van der Waals surface area contributed by atoms with Crippen molar-refractivity contribution in [2.75, 3.05) is 11.1 Å². The minimum absolute atomic E-state index is 0.806. The summed E-state index contributed by atoms with van der Waals surface area (Å²) in [6, 6.07) is 12.6. The normalized spacial score (nSPS) is 10.4. The van der Waals surface area contributed by atoms with Gasteiger partial charge in [-0.1, -0.05) is 29.8 Å². The monoisotopic (exact) mass is 240 g/mol. The van der Waals surface area contributed by atoms with Gasteiger partial charge in [-0.15, -0.1) is 0 Å². The van der Waals surface area contributed by atoms with Crippen LogP contribution in [0, 0.1) is 20.8 Å². The molecule has 0 amide bonds. The van der Waals surface area contributed by atoms with Crippen molar-refractivity contribution in [3.05, 3.63) is 58.7 Å². The molecule has 0 heterocycles. The quantitative estimate of drug-likeness (QED) is 0.801. The lowest BCUT2D eigenvalue weighted by atomic mass is 10.1. The van der Waals surface area contributed by atoms with Crippen LogP contribution in [0.5, 0.6) is 0 Å². The molecular weight excluding hydrogens is 220 g/mol. The molecule has 2 rings (SSSR count). The van der Waals surface area contributed by atoms with Crippen molar-refractivity contribution < 1.29 is 0 Å². The second-order valence-corrected chi connectivity index (χ2v) is 4.87. The molecule has 18 heavy (non-hydrogen) atoms. The molecule has 0 spiro atoms. The second-order valence-electron chi connectivity index (χ2n) is 4.87. The van der Waals surface area contributed by atoms with Gasteiger partial charge in [0, 0.05) is 6.54 Å². The van der Waals surface area contributed by atoms with Gasteiger partial charge in [-0.3, -0.25) is 0 Å². The number of benzene rings is 2. The maximum absolute atomic E-state index is 5.99. The zero-order chi connectivity index (χ0) is 13.1. The molecule has 0 aliphatic carbocycles. The van der Waals surface area contributed by atoms with E-state index in [4.69, 9.17) is 5.73 Å². The van der Waals surface area contributed by atoms with Gasteiger partial charge in [0.15, 0.2) is 0 Å². The van der Waals surface area contributed by atoms with E-state index in [-0.39, 0.29) is 0 Å². The first-order chi connectivity index (χ1) is 8.56. The number of hydrogen-bond donors (Lipinski definition) is 2. The van der Waals surface area contributed by atoms with Crippen molar-refractivity contribution in [1.29, 1.82) is 0 Å². The highest BCUT2D eigenvalue weighted by Gasteiger charge is 2.01. The van der Waals surface area contributed by atoms with Gasteiger partial charge >= 0.3 is 0 Å². The Morgan fingerprint density at radius 2 is 1.61 bits per heavy atom. The van der Waals surface area contributed by atoms with E-state index in [1.807, 2.05) is 19.1 Å². The fourth-order valence-corrected chi connectivity index (χ4v) is 2.02. The van der Waals surface area contributed by atoms with Gasteiger partial charge in [0.05, 0.1) is 11.4 Å². The SMILES string of the molecule is Cc1ccc(NCc2cc(C)ccc2C)c(N)c1. The molecule has 0 aliphatic heterocycles. The third-order valence-electron chi connectivity index (χ3n) is 3.18. The van der Waals surface area contributed by atoms with Crippen LogP contribution in [0.25, 0.3) is 0 Å². The largest absolute Gasteiger partial charge is 0.397 e. The molecule has 0 saturated carbocycles. The summed E-state index contributed by atoms with van der Waals surface area (Å²) in [5.41, 5.74) is 12.9. The molecule has 94 valence electrons. The summed E-state index contributed by atoms with van der Waals surface area (Å²) >= 11 is 0. The summed E-state index contributed by atoms with van der Waals surface area (Å²) < 4.78 is 0. The van der Waals surface area contributed by atoms with E-state index in [2.05, 4.69) is 43.4 Å². The molecule has 0 atom stereocenters. The van der Waals surface area contributed by atoms with Gasteiger partial charge in [-0.25, -0.2) is 0 Å². The van der Waals surface area contributed by atoms with Gasteiger partial charge in [-0.05, 0) is 49.6 Å². The van der Waals surface area contributed by atoms with Crippen molar-refractivity contribution in [3.63, 3.8) is 0 Å². The summed E-state index contributed by atoms with van der Waals surface area (Å²) in [7, 11) is 0. The van der Waals surface area contributed by atoms with Crippen molar-refractivity contribution >= 4 is 11.4 Å². The van der Waals surface area contributed by atoms with Gasteiger partial charge in [0.25, 0.3) is 0 Å². The van der Waals surface area contributed by atoms with Crippen LogP contribution < -0.4 is 11.1 Å². The first-order valence-corrected chi connectivity index (χ1v) is 6.22. The highest BCUT2D eigenvalue weighted by molar-refractivity contribution is 5.67. The fraction of sp³-hybridized carbons (Fsp3) is 0.250. The van der Waals surface area contributed by atoms with Crippen LogP contribution >= 0.6 is 0 Å². The summed E-state index contributed by atoms with van der Waals surface area (Å²) in [4.78, 5) is 0. The van der Waals surface area contributed by atoms with Crippen LogP contribution in [0.15, 0.2) is 36.4 Å². The predicted octanol–water partition coefficient (Wildman–Crippen LogP) is 3.81. The molecule has 0 unspecified atom stereocenters.